The van der Waals surface area contributed by atoms with E-state index in [2.05, 4.69) is 26.6 Å². The number of carbonyl (C=O) groups is 7. The highest BCUT2D eigenvalue weighted by molar-refractivity contribution is 5.97. The van der Waals surface area contributed by atoms with Crippen LogP contribution in [0, 0.1) is 5.92 Å². The summed E-state index contributed by atoms with van der Waals surface area (Å²) in [5.74, 6) is -6.37. The maximum Gasteiger partial charge on any atom is 0.407 e. The average Bonchev–Trinajstić information content (AvgIpc) is 3.50. The summed E-state index contributed by atoms with van der Waals surface area (Å²) < 4.78 is 11.1. The Morgan fingerprint density at radius 1 is 0.656 bits per heavy atom. The molecule has 0 aliphatic heterocycles. The van der Waals surface area contributed by atoms with Crippen molar-refractivity contribution in [2.45, 2.75) is 116 Å². The topological polar surface area (TPSA) is 239 Å². The van der Waals surface area contributed by atoms with Crippen LogP contribution in [0.1, 0.15) is 83.9 Å². The van der Waals surface area contributed by atoms with Gasteiger partial charge in [-0.05, 0) is 74.8 Å². The van der Waals surface area contributed by atoms with Gasteiger partial charge in [-0.1, -0.05) is 92.7 Å². The third-order valence-corrected chi connectivity index (χ3v) is 9.78. The van der Waals surface area contributed by atoms with E-state index in [9.17, 15) is 43.8 Å². The molecule has 3 aromatic carbocycles. The lowest BCUT2D eigenvalue weighted by Crippen LogP contribution is -2.61. The van der Waals surface area contributed by atoms with E-state index in [1.807, 2.05) is 62.4 Å². The van der Waals surface area contributed by atoms with Crippen LogP contribution in [-0.4, -0.2) is 100 Å². The molecular formula is C45H57N5O11. The lowest BCUT2D eigenvalue weighted by molar-refractivity contribution is -0.158. The predicted molar refractivity (Wildman–Crippen MR) is 225 cm³/mol. The molecular weight excluding hydrogens is 787 g/mol. The Hall–Kier alpha value is -6.29. The number of amides is 5. The minimum Gasteiger partial charge on any atom is -0.481 e. The lowest BCUT2D eigenvalue weighted by atomic mass is 9.98. The zero-order valence-electron chi connectivity index (χ0n) is 35.5. The molecule has 3 aromatic rings. The van der Waals surface area contributed by atoms with Crippen molar-refractivity contribution in [2.24, 2.45) is 5.92 Å². The van der Waals surface area contributed by atoms with Gasteiger partial charge in [-0.15, -0.1) is 0 Å². The number of fused-ring (bicyclic) bond motifs is 3. The number of hydrogen-bond donors (Lipinski definition) is 7. The number of rotatable bonds is 19. The van der Waals surface area contributed by atoms with Gasteiger partial charge in [-0.3, -0.25) is 24.0 Å². The molecule has 4 rings (SSSR count). The second kappa shape index (κ2) is 21.3. The van der Waals surface area contributed by atoms with Crippen molar-refractivity contribution in [1.82, 2.24) is 26.6 Å². The molecule has 0 bridgehead atoms. The number of carboxylic acid groups (broad SMARTS) is 1. The van der Waals surface area contributed by atoms with Crippen molar-refractivity contribution < 1.29 is 53.2 Å². The fraction of sp³-hybridized carbons (Fsp3) is 0.444. The Kier molecular flexibility index (Phi) is 16.5. The molecule has 0 radical (unpaired) electrons. The van der Waals surface area contributed by atoms with Gasteiger partial charge >= 0.3 is 18.0 Å². The summed E-state index contributed by atoms with van der Waals surface area (Å²) in [4.78, 5) is 92.0. The number of carbonyl (C=O) groups excluding carboxylic acids is 6. The summed E-state index contributed by atoms with van der Waals surface area (Å²) in [7, 11) is 0. The van der Waals surface area contributed by atoms with Gasteiger partial charge in [0.2, 0.25) is 23.6 Å². The van der Waals surface area contributed by atoms with Crippen molar-refractivity contribution in [2.75, 3.05) is 6.61 Å². The van der Waals surface area contributed by atoms with E-state index < -0.39 is 90.0 Å². The molecule has 0 aromatic heterocycles. The zero-order valence-corrected chi connectivity index (χ0v) is 35.5. The standard InChI is InChI=1S/C45H57N5O11/c1-25(2)21-34(49-44(59)60-24-33-31-19-13-11-17-29(31)30-18-12-14-20-32(30)33)41(56)50-38(27(4)51)42(57)47-35(23-37(52)53)40(55)46-26(3)39(54)48-36(43(58)61-45(5,6)7)22-28-15-9-8-10-16-28/h8-20,25-27,33-36,38,51H,21-24H2,1-7H3,(H,46,55)(H,47,57)(H,48,54)(H,49,59)(H,50,56)(H,52,53)/t26-,27+,34-,35-,36-,38-/m0/s1. The van der Waals surface area contributed by atoms with Crippen LogP contribution in [0.5, 0.6) is 0 Å². The Morgan fingerprint density at radius 3 is 1.74 bits per heavy atom. The Balaban J connectivity index is 1.40. The van der Waals surface area contributed by atoms with E-state index in [1.54, 1.807) is 51.1 Å². The van der Waals surface area contributed by atoms with Gasteiger partial charge in [0.05, 0.1) is 12.5 Å². The van der Waals surface area contributed by atoms with Crippen molar-refractivity contribution in [1.29, 1.82) is 0 Å². The lowest BCUT2D eigenvalue weighted by Gasteiger charge is -2.28. The number of ether oxygens (including phenoxy) is 2. The van der Waals surface area contributed by atoms with Crippen LogP contribution in [-0.2, 0) is 44.7 Å². The summed E-state index contributed by atoms with van der Waals surface area (Å²) in [6.07, 6.45) is -3.17. The van der Waals surface area contributed by atoms with Gasteiger partial charge in [0.1, 0.15) is 42.4 Å². The molecule has 0 spiro atoms. The summed E-state index contributed by atoms with van der Waals surface area (Å²) in [6, 6.07) is 17.3. The van der Waals surface area contributed by atoms with Crippen molar-refractivity contribution >= 4 is 41.7 Å². The molecule has 6 atom stereocenters. The summed E-state index contributed by atoms with van der Waals surface area (Å²) in [5, 5.41) is 32.4. The molecule has 0 heterocycles. The van der Waals surface area contributed by atoms with E-state index in [-0.39, 0.29) is 31.3 Å². The first-order chi connectivity index (χ1) is 28.7. The van der Waals surface area contributed by atoms with E-state index in [0.29, 0.717) is 0 Å². The molecule has 0 unspecified atom stereocenters. The highest BCUT2D eigenvalue weighted by Crippen LogP contribution is 2.44. The summed E-state index contributed by atoms with van der Waals surface area (Å²) in [6.45, 7) is 11.1. The number of aliphatic carboxylic acids is 1. The maximum atomic E-state index is 13.6. The molecule has 0 saturated heterocycles. The molecule has 5 amide bonds. The largest absolute Gasteiger partial charge is 0.481 e. The van der Waals surface area contributed by atoms with Crippen molar-refractivity contribution in [3.63, 3.8) is 0 Å². The van der Waals surface area contributed by atoms with Gasteiger partial charge in [0, 0.05) is 12.3 Å². The number of benzene rings is 3. The molecule has 328 valence electrons. The fourth-order valence-electron chi connectivity index (χ4n) is 6.88. The Bertz CT molecular complexity index is 2000. The number of alkyl carbamates (subject to hydrolysis) is 1. The van der Waals surface area contributed by atoms with Crippen molar-refractivity contribution in [3.8, 4) is 11.1 Å². The molecule has 16 nitrogen and oxygen atoms in total. The minimum atomic E-state index is -1.77. The molecule has 16 heteroatoms. The number of nitrogens with one attached hydrogen (secondary N) is 5. The second-order valence-corrected chi connectivity index (χ2v) is 16.6. The quantitative estimate of drug-likeness (QED) is 0.0865. The molecule has 0 saturated carbocycles. The smallest absolute Gasteiger partial charge is 0.407 e. The van der Waals surface area contributed by atoms with Crippen LogP contribution in [0.15, 0.2) is 78.9 Å². The Labute approximate surface area is 355 Å². The molecule has 1 aliphatic rings. The maximum absolute atomic E-state index is 13.6. The van der Waals surface area contributed by atoms with Crippen LogP contribution >= 0.6 is 0 Å². The van der Waals surface area contributed by atoms with Gasteiger partial charge in [0.15, 0.2) is 0 Å². The summed E-state index contributed by atoms with van der Waals surface area (Å²) in [5.41, 5.74) is 3.93. The predicted octanol–water partition coefficient (Wildman–Crippen LogP) is 3.34. The first kappa shape index (κ1) is 47.4. The molecule has 0 fully saturated rings. The monoisotopic (exact) mass is 843 g/mol. The number of aliphatic hydroxyl groups is 1. The minimum absolute atomic E-state index is 0.0140. The van der Waals surface area contributed by atoms with Crippen LogP contribution in [0.2, 0.25) is 0 Å². The first-order valence-corrected chi connectivity index (χ1v) is 20.2. The van der Waals surface area contributed by atoms with Crippen LogP contribution in [0.3, 0.4) is 0 Å². The van der Waals surface area contributed by atoms with Crippen LogP contribution in [0.25, 0.3) is 11.1 Å². The second-order valence-electron chi connectivity index (χ2n) is 16.6. The zero-order chi connectivity index (χ0) is 45.0. The first-order valence-electron chi connectivity index (χ1n) is 20.2. The Morgan fingerprint density at radius 2 is 1.20 bits per heavy atom. The van der Waals surface area contributed by atoms with E-state index in [1.165, 1.54) is 13.8 Å². The van der Waals surface area contributed by atoms with E-state index in [0.717, 1.165) is 27.8 Å². The number of esters is 1. The van der Waals surface area contributed by atoms with Gasteiger partial charge < -0.3 is 46.3 Å². The number of aliphatic hydroxyl groups excluding tert-OH is 1. The number of carboxylic acids is 1. The highest BCUT2D eigenvalue weighted by Gasteiger charge is 2.36. The van der Waals surface area contributed by atoms with E-state index >= 15 is 0 Å². The SMILES string of the molecule is CC(C)C[C@H](NC(=O)OCC1c2ccccc2-c2ccccc21)C(=O)N[C@H](C(=O)N[C@@H](CC(=O)O)C(=O)N[C@@H](C)C(=O)N[C@@H](Cc1ccccc1)C(=O)OC(C)(C)C)[C@@H](C)O. The third-order valence-electron chi connectivity index (χ3n) is 9.78. The van der Waals surface area contributed by atoms with E-state index in [4.69, 9.17) is 9.47 Å². The average molecular weight is 844 g/mol. The molecule has 1 aliphatic carbocycles. The van der Waals surface area contributed by atoms with Gasteiger partial charge in [-0.25, -0.2) is 9.59 Å². The molecule has 7 N–H and O–H groups in total. The number of hydrogen-bond acceptors (Lipinski definition) is 10. The third kappa shape index (κ3) is 13.9. The van der Waals surface area contributed by atoms with Crippen molar-refractivity contribution in [3.05, 3.63) is 95.6 Å². The highest BCUT2D eigenvalue weighted by atomic mass is 16.6. The van der Waals surface area contributed by atoms with Crippen LogP contribution in [0.4, 0.5) is 4.79 Å². The van der Waals surface area contributed by atoms with Gasteiger partial charge in [-0.2, -0.15) is 0 Å². The normalized spacial score (nSPS) is 15.0. The van der Waals surface area contributed by atoms with Gasteiger partial charge in [0.25, 0.3) is 0 Å². The van der Waals surface area contributed by atoms with Crippen LogP contribution < -0.4 is 26.6 Å². The fourth-order valence-corrected chi connectivity index (χ4v) is 6.88. The molecule has 61 heavy (non-hydrogen) atoms. The summed E-state index contributed by atoms with van der Waals surface area (Å²) >= 11 is 0.